The number of piperidine rings is 1. The van der Waals surface area contributed by atoms with Crippen LogP contribution in [0.15, 0.2) is 0 Å². The van der Waals surface area contributed by atoms with Crippen LogP contribution < -0.4 is 5.32 Å². The van der Waals surface area contributed by atoms with E-state index in [1.165, 1.54) is 12.8 Å². The number of fused-ring (bicyclic) bond motifs is 2. The van der Waals surface area contributed by atoms with Crippen molar-refractivity contribution in [2.45, 2.75) is 64.8 Å². The molecule has 3 atom stereocenters. The molecule has 6 heteroatoms. The number of rotatable bonds is 6. The first-order valence-electron chi connectivity index (χ1n) is 8.91. The Morgan fingerprint density at radius 1 is 1.26 bits per heavy atom. The van der Waals surface area contributed by atoms with Gasteiger partial charge in [0.25, 0.3) is 10.1 Å². The van der Waals surface area contributed by atoms with Gasteiger partial charge in [0.1, 0.15) is 5.78 Å². The molecule has 3 fully saturated rings. The average Bonchev–Trinajstić information content (AvgIpc) is 2.82. The number of carbonyl (C=O) groups is 1. The van der Waals surface area contributed by atoms with E-state index >= 15 is 0 Å². The zero-order chi connectivity index (χ0) is 16.7. The first-order valence-corrected chi connectivity index (χ1v) is 10.5. The van der Waals surface area contributed by atoms with Gasteiger partial charge in [0, 0.05) is 12.5 Å². The van der Waals surface area contributed by atoms with Gasteiger partial charge in [0.05, 0.1) is 17.8 Å². The van der Waals surface area contributed by atoms with Crippen LogP contribution in [-0.4, -0.2) is 39.1 Å². The Bertz CT molecular complexity index is 565. The molecule has 2 saturated carbocycles. The second-order valence-electron chi connectivity index (χ2n) is 8.13. The minimum atomic E-state index is -3.66. The van der Waals surface area contributed by atoms with Crippen molar-refractivity contribution >= 4 is 15.9 Å². The summed E-state index contributed by atoms with van der Waals surface area (Å²) in [6.07, 6.45) is 6.37. The third-order valence-electron chi connectivity index (χ3n) is 6.70. The highest BCUT2D eigenvalue weighted by Crippen LogP contribution is 2.64. The van der Waals surface area contributed by atoms with Crippen LogP contribution in [0.4, 0.5) is 0 Å². The van der Waals surface area contributed by atoms with Gasteiger partial charge in [-0.25, -0.2) is 0 Å². The zero-order valence-electron chi connectivity index (χ0n) is 14.3. The molecule has 0 aromatic carbocycles. The molecular formula is C17H29NO4S. The van der Waals surface area contributed by atoms with Gasteiger partial charge < -0.3 is 5.32 Å². The molecule has 23 heavy (non-hydrogen) atoms. The molecule has 0 aromatic heterocycles. The molecule has 0 aromatic rings. The van der Waals surface area contributed by atoms with Crippen LogP contribution >= 0.6 is 0 Å². The predicted octanol–water partition coefficient (Wildman–Crippen LogP) is 2.26. The SMILES string of the molecule is CC1(C)[C@@H]2CC[C@@]1(CS(=O)(=O)OCC[C@@H]1CCCCN1)C(=O)C2. The van der Waals surface area contributed by atoms with Gasteiger partial charge in [-0.15, -0.1) is 0 Å². The van der Waals surface area contributed by atoms with Crippen molar-refractivity contribution < 1.29 is 17.4 Å². The zero-order valence-corrected chi connectivity index (χ0v) is 15.1. The minimum Gasteiger partial charge on any atom is -0.314 e. The fourth-order valence-electron chi connectivity index (χ4n) is 4.94. The minimum absolute atomic E-state index is 0.125. The average molecular weight is 343 g/mol. The summed E-state index contributed by atoms with van der Waals surface area (Å²) in [7, 11) is -3.66. The van der Waals surface area contributed by atoms with E-state index in [-0.39, 0.29) is 23.6 Å². The quantitative estimate of drug-likeness (QED) is 0.749. The van der Waals surface area contributed by atoms with E-state index in [0.29, 0.717) is 31.2 Å². The summed E-state index contributed by atoms with van der Waals surface area (Å²) in [6, 6.07) is 0.359. The Morgan fingerprint density at radius 3 is 2.61 bits per heavy atom. The molecule has 2 bridgehead atoms. The first kappa shape index (κ1) is 17.4. The van der Waals surface area contributed by atoms with Crippen LogP contribution in [0, 0.1) is 16.7 Å². The van der Waals surface area contributed by atoms with Gasteiger partial charge in [-0.1, -0.05) is 20.3 Å². The van der Waals surface area contributed by atoms with Crippen LogP contribution in [0.5, 0.6) is 0 Å². The molecule has 2 aliphatic carbocycles. The smallest absolute Gasteiger partial charge is 0.268 e. The van der Waals surface area contributed by atoms with Crippen molar-refractivity contribution in [3.63, 3.8) is 0 Å². The van der Waals surface area contributed by atoms with Crippen LogP contribution in [0.2, 0.25) is 0 Å². The van der Waals surface area contributed by atoms with Crippen LogP contribution in [0.1, 0.15) is 58.8 Å². The van der Waals surface area contributed by atoms with Crippen molar-refractivity contribution in [1.82, 2.24) is 5.32 Å². The van der Waals surface area contributed by atoms with Gasteiger partial charge in [0.2, 0.25) is 0 Å². The van der Waals surface area contributed by atoms with E-state index in [4.69, 9.17) is 4.18 Å². The van der Waals surface area contributed by atoms with E-state index in [2.05, 4.69) is 19.2 Å². The van der Waals surface area contributed by atoms with Gasteiger partial charge in [-0.05, 0) is 50.0 Å². The lowest BCUT2D eigenvalue weighted by Crippen LogP contribution is -2.42. The molecule has 132 valence electrons. The lowest BCUT2D eigenvalue weighted by atomic mass is 9.70. The molecule has 0 unspecified atom stereocenters. The van der Waals surface area contributed by atoms with Gasteiger partial charge in [-0.3, -0.25) is 8.98 Å². The second kappa shape index (κ2) is 6.12. The summed E-state index contributed by atoms with van der Waals surface area (Å²) in [6.45, 7) is 5.33. The molecule has 3 aliphatic rings. The maximum absolute atomic E-state index is 12.4. The van der Waals surface area contributed by atoms with E-state index < -0.39 is 15.5 Å². The number of hydrogen-bond donors (Lipinski definition) is 1. The molecule has 1 saturated heterocycles. The van der Waals surface area contributed by atoms with E-state index in [1.54, 1.807) is 0 Å². The third-order valence-corrected chi connectivity index (χ3v) is 8.08. The molecule has 5 nitrogen and oxygen atoms in total. The Hall–Kier alpha value is -0.460. The summed E-state index contributed by atoms with van der Waals surface area (Å²) in [5, 5.41) is 3.39. The molecule has 1 heterocycles. The Kier molecular flexibility index (Phi) is 4.62. The molecule has 3 rings (SSSR count). The summed E-state index contributed by atoms with van der Waals surface area (Å²) in [4.78, 5) is 12.4. The number of hydrogen-bond acceptors (Lipinski definition) is 5. The summed E-state index contributed by atoms with van der Waals surface area (Å²) in [5.41, 5.74) is -0.953. The number of nitrogens with one attached hydrogen (secondary N) is 1. The van der Waals surface area contributed by atoms with Crippen molar-refractivity contribution in [3.8, 4) is 0 Å². The fraction of sp³-hybridized carbons (Fsp3) is 0.941. The topological polar surface area (TPSA) is 72.5 Å². The van der Waals surface area contributed by atoms with Crippen LogP contribution in [0.3, 0.4) is 0 Å². The maximum atomic E-state index is 12.4. The summed E-state index contributed by atoms with van der Waals surface area (Å²) in [5.74, 6) is 0.317. The standard InChI is InChI=1S/C17H29NO4S/c1-16(2)13-6-8-17(16,15(19)11-13)12-23(20,21)22-10-7-14-5-3-4-9-18-14/h13-14,18H,3-12H2,1-2H3/t13-,14+,17-/m1/s1. The normalized spacial score (nSPS) is 36.5. The van der Waals surface area contributed by atoms with Crippen molar-refractivity contribution in [2.75, 3.05) is 18.9 Å². The first-order chi connectivity index (χ1) is 10.8. The van der Waals surface area contributed by atoms with E-state index in [1.807, 2.05) is 0 Å². The van der Waals surface area contributed by atoms with Crippen LogP contribution in [0.25, 0.3) is 0 Å². The molecule has 0 amide bonds. The lowest BCUT2D eigenvalue weighted by molar-refractivity contribution is -0.128. The van der Waals surface area contributed by atoms with Gasteiger partial charge in [-0.2, -0.15) is 8.42 Å². The molecular weight excluding hydrogens is 314 g/mol. The number of carbonyl (C=O) groups excluding carboxylic acids is 1. The Labute approximate surface area is 139 Å². The largest absolute Gasteiger partial charge is 0.314 e. The third kappa shape index (κ3) is 3.10. The van der Waals surface area contributed by atoms with Crippen molar-refractivity contribution in [3.05, 3.63) is 0 Å². The highest BCUT2D eigenvalue weighted by molar-refractivity contribution is 7.86. The van der Waals surface area contributed by atoms with E-state index in [9.17, 15) is 13.2 Å². The Morgan fingerprint density at radius 2 is 2.04 bits per heavy atom. The van der Waals surface area contributed by atoms with Crippen LogP contribution in [-0.2, 0) is 19.1 Å². The number of Topliss-reactive ketones (excluding diaryl/α,β-unsaturated/α-hetero) is 1. The summed E-state index contributed by atoms with van der Waals surface area (Å²) < 4.78 is 30.2. The second-order valence-corrected chi connectivity index (χ2v) is 9.77. The highest BCUT2D eigenvalue weighted by Gasteiger charge is 2.65. The summed E-state index contributed by atoms with van der Waals surface area (Å²) >= 11 is 0. The van der Waals surface area contributed by atoms with Crippen molar-refractivity contribution in [1.29, 1.82) is 0 Å². The highest BCUT2D eigenvalue weighted by atomic mass is 32.2. The lowest BCUT2D eigenvalue weighted by Gasteiger charge is -2.35. The maximum Gasteiger partial charge on any atom is 0.268 e. The number of ketones is 1. The Balaban J connectivity index is 1.59. The molecule has 1 aliphatic heterocycles. The van der Waals surface area contributed by atoms with Gasteiger partial charge >= 0.3 is 0 Å². The molecule has 0 spiro atoms. The monoisotopic (exact) mass is 343 g/mol. The molecule has 0 radical (unpaired) electrons. The van der Waals surface area contributed by atoms with Gasteiger partial charge in [0.15, 0.2) is 0 Å². The van der Waals surface area contributed by atoms with Crippen molar-refractivity contribution in [2.24, 2.45) is 16.7 Å². The fourth-order valence-corrected chi connectivity index (χ4v) is 6.65. The van der Waals surface area contributed by atoms with E-state index in [0.717, 1.165) is 19.4 Å². The predicted molar refractivity (Wildman–Crippen MR) is 88.6 cm³/mol. The molecule has 1 N–H and O–H groups in total.